The molecule has 4 nitrogen and oxygen atoms in total. The number of hydrogen-bond donors (Lipinski definition) is 0. The van der Waals surface area contributed by atoms with Crippen LogP contribution in [0.4, 0.5) is 0 Å². The molecule has 0 atom stereocenters. The van der Waals surface area contributed by atoms with Crippen molar-refractivity contribution in [1.82, 2.24) is 14.7 Å². The summed E-state index contributed by atoms with van der Waals surface area (Å²) in [6.07, 6.45) is 8.58. The average molecular weight is 273 g/mol. The second-order valence-electron chi connectivity index (χ2n) is 6.24. The van der Waals surface area contributed by atoms with Crippen molar-refractivity contribution in [1.29, 1.82) is 0 Å². The van der Waals surface area contributed by atoms with E-state index in [0.717, 1.165) is 42.6 Å². The Bertz CT molecular complexity index is 563. The van der Waals surface area contributed by atoms with Crippen LogP contribution in [0.5, 0.6) is 0 Å². The molecule has 0 radical (unpaired) electrons. The van der Waals surface area contributed by atoms with Gasteiger partial charge in [-0.15, -0.1) is 0 Å². The smallest absolute Gasteiger partial charge is 0.208 e. The summed E-state index contributed by atoms with van der Waals surface area (Å²) in [6.45, 7) is 2.04. The standard InChI is InChI=1S/C16H23N3O/c1-11-14-9-8-12(10-18(2)3)16(20)15(14)19(17-11)13-6-4-5-7-13/h10,13H,4-9H2,1-3H3/b12-10+. The highest BCUT2D eigenvalue weighted by Gasteiger charge is 2.32. The monoisotopic (exact) mass is 273 g/mol. The number of carbonyl (C=O) groups is 1. The van der Waals surface area contributed by atoms with E-state index in [4.69, 9.17) is 5.10 Å². The SMILES string of the molecule is Cc1nn(C2CCCC2)c2c1CC/C(=C\N(C)C)C2=O. The van der Waals surface area contributed by atoms with Gasteiger partial charge in [0, 0.05) is 31.4 Å². The first-order valence-electron chi connectivity index (χ1n) is 7.57. The van der Waals surface area contributed by atoms with Crippen LogP contribution in [0.3, 0.4) is 0 Å². The van der Waals surface area contributed by atoms with Gasteiger partial charge in [0.05, 0.1) is 11.7 Å². The zero-order valence-corrected chi connectivity index (χ0v) is 12.6. The Morgan fingerprint density at radius 2 is 1.95 bits per heavy atom. The van der Waals surface area contributed by atoms with Crippen molar-refractivity contribution in [2.45, 2.75) is 51.5 Å². The van der Waals surface area contributed by atoms with E-state index in [-0.39, 0.29) is 5.78 Å². The third-order valence-electron chi connectivity index (χ3n) is 4.45. The molecule has 0 unspecified atom stereocenters. The number of nitrogens with zero attached hydrogens (tertiary/aromatic N) is 3. The van der Waals surface area contributed by atoms with E-state index < -0.39 is 0 Å². The lowest BCUT2D eigenvalue weighted by Gasteiger charge is -2.20. The maximum Gasteiger partial charge on any atom is 0.208 e. The fraction of sp³-hybridized carbons (Fsp3) is 0.625. The molecule has 0 amide bonds. The topological polar surface area (TPSA) is 38.1 Å². The molecule has 0 saturated heterocycles. The molecule has 20 heavy (non-hydrogen) atoms. The van der Waals surface area contributed by atoms with Gasteiger partial charge in [-0.1, -0.05) is 12.8 Å². The van der Waals surface area contributed by atoms with Gasteiger partial charge in [-0.3, -0.25) is 9.48 Å². The molecule has 3 rings (SSSR count). The molecule has 1 aromatic rings. The molecule has 1 heterocycles. The molecule has 1 saturated carbocycles. The van der Waals surface area contributed by atoms with Gasteiger partial charge < -0.3 is 4.90 Å². The van der Waals surface area contributed by atoms with E-state index in [1.807, 2.05) is 36.8 Å². The quantitative estimate of drug-likeness (QED) is 0.778. The van der Waals surface area contributed by atoms with Crippen LogP contribution < -0.4 is 0 Å². The summed E-state index contributed by atoms with van der Waals surface area (Å²) in [6, 6.07) is 0.431. The molecule has 108 valence electrons. The lowest BCUT2D eigenvalue weighted by molar-refractivity contribution is 0.101. The van der Waals surface area contributed by atoms with Crippen LogP contribution in [-0.2, 0) is 6.42 Å². The van der Waals surface area contributed by atoms with Crippen LogP contribution in [0.15, 0.2) is 11.8 Å². The lowest BCUT2D eigenvalue weighted by Crippen LogP contribution is -2.22. The molecule has 0 bridgehead atoms. The first-order chi connectivity index (χ1) is 9.58. The molecule has 0 spiro atoms. The summed E-state index contributed by atoms with van der Waals surface area (Å²) >= 11 is 0. The van der Waals surface area contributed by atoms with Crippen molar-refractivity contribution in [3.63, 3.8) is 0 Å². The summed E-state index contributed by atoms with van der Waals surface area (Å²) in [5, 5.41) is 4.69. The fourth-order valence-corrected chi connectivity index (χ4v) is 3.50. The second kappa shape index (κ2) is 5.08. The van der Waals surface area contributed by atoms with Gasteiger partial charge in [-0.05, 0) is 32.6 Å². The van der Waals surface area contributed by atoms with Crippen LogP contribution in [-0.4, -0.2) is 34.6 Å². The maximum atomic E-state index is 12.8. The lowest BCUT2D eigenvalue weighted by atomic mass is 9.90. The molecule has 0 aromatic carbocycles. The Balaban J connectivity index is 2.03. The van der Waals surface area contributed by atoms with Crippen LogP contribution in [0.1, 0.15) is 59.9 Å². The molecule has 2 aliphatic carbocycles. The van der Waals surface area contributed by atoms with Gasteiger partial charge in [0.2, 0.25) is 5.78 Å². The minimum Gasteiger partial charge on any atom is -0.383 e. The summed E-state index contributed by atoms with van der Waals surface area (Å²) < 4.78 is 2.04. The van der Waals surface area contributed by atoms with E-state index in [1.165, 1.54) is 18.4 Å². The molecule has 0 N–H and O–H groups in total. The van der Waals surface area contributed by atoms with Gasteiger partial charge in [0.25, 0.3) is 0 Å². The van der Waals surface area contributed by atoms with Crippen molar-refractivity contribution in [3.8, 4) is 0 Å². The molecule has 2 aliphatic rings. The van der Waals surface area contributed by atoms with Gasteiger partial charge in [0.15, 0.2) is 0 Å². The number of hydrogen-bond acceptors (Lipinski definition) is 3. The number of ketones is 1. The normalized spacial score (nSPS) is 21.6. The van der Waals surface area contributed by atoms with Crippen molar-refractivity contribution >= 4 is 5.78 Å². The third-order valence-corrected chi connectivity index (χ3v) is 4.45. The van der Waals surface area contributed by atoms with Crippen LogP contribution in [0, 0.1) is 6.92 Å². The Morgan fingerprint density at radius 3 is 2.60 bits per heavy atom. The number of rotatable bonds is 2. The molecule has 0 aliphatic heterocycles. The Hall–Kier alpha value is -1.58. The van der Waals surface area contributed by atoms with Crippen LogP contribution in [0.2, 0.25) is 0 Å². The number of aryl methyl sites for hydroxylation is 1. The van der Waals surface area contributed by atoms with Gasteiger partial charge in [-0.2, -0.15) is 5.10 Å². The molecular formula is C16H23N3O. The predicted octanol–water partition coefficient (Wildman–Crippen LogP) is 2.88. The van der Waals surface area contributed by atoms with E-state index in [9.17, 15) is 4.79 Å². The van der Waals surface area contributed by atoms with E-state index >= 15 is 0 Å². The first kappa shape index (κ1) is 13.4. The number of carbonyl (C=O) groups excluding carboxylic acids is 1. The Kier molecular flexibility index (Phi) is 3.40. The molecule has 1 aromatic heterocycles. The first-order valence-corrected chi connectivity index (χ1v) is 7.57. The fourth-order valence-electron chi connectivity index (χ4n) is 3.50. The second-order valence-corrected chi connectivity index (χ2v) is 6.24. The van der Waals surface area contributed by atoms with Gasteiger partial charge >= 0.3 is 0 Å². The molecule has 1 fully saturated rings. The number of fused-ring (bicyclic) bond motifs is 1. The van der Waals surface area contributed by atoms with Gasteiger partial charge in [-0.25, -0.2) is 0 Å². The Morgan fingerprint density at radius 1 is 1.25 bits per heavy atom. The van der Waals surface area contributed by atoms with E-state index in [1.54, 1.807) is 0 Å². The number of Topliss-reactive ketones (excluding diaryl/α,β-unsaturated/α-hetero) is 1. The minimum absolute atomic E-state index is 0.187. The van der Waals surface area contributed by atoms with Crippen LogP contribution in [0.25, 0.3) is 0 Å². The van der Waals surface area contributed by atoms with Gasteiger partial charge in [0.1, 0.15) is 5.69 Å². The van der Waals surface area contributed by atoms with Crippen LogP contribution >= 0.6 is 0 Å². The average Bonchev–Trinajstić information content (AvgIpc) is 3.00. The number of allylic oxidation sites excluding steroid dienone is 1. The predicted molar refractivity (Wildman–Crippen MR) is 78.9 cm³/mol. The van der Waals surface area contributed by atoms with Crippen molar-refractivity contribution in [2.75, 3.05) is 14.1 Å². The molecular weight excluding hydrogens is 250 g/mol. The highest BCUT2D eigenvalue weighted by Crippen LogP contribution is 2.35. The zero-order valence-electron chi connectivity index (χ0n) is 12.6. The van der Waals surface area contributed by atoms with Crippen molar-refractivity contribution < 1.29 is 4.79 Å². The summed E-state index contributed by atoms with van der Waals surface area (Å²) in [5.41, 5.74) is 4.01. The minimum atomic E-state index is 0.187. The van der Waals surface area contributed by atoms with Crippen molar-refractivity contribution in [2.24, 2.45) is 0 Å². The third kappa shape index (κ3) is 2.17. The summed E-state index contributed by atoms with van der Waals surface area (Å²) in [4.78, 5) is 14.7. The van der Waals surface area contributed by atoms with E-state index in [2.05, 4.69) is 0 Å². The Labute approximate surface area is 120 Å². The molecule has 4 heteroatoms. The highest BCUT2D eigenvalue weighted by molar-refractivity contribution is 6.09. The largest absolute Gasteiger partial charge is 0.383 e. The number of aromatic nitrogens is 2. The summed E-state index contributed by atoms with van der Waals surface area (Å²) in [7, 11) is 3.94. The highest BCUT2D eigenvalue weighted by atomic mass is 16.1. The summed E-state index contributed by atoms with van der Waals surface area (Å²) in [5.74, 6) is 0.187. The van der Waals surface area contributed by atoms with Crippen molar-refractivity contribution in [3.05, 3.63) is 28.7 Å². The maximum absolute atomic E-state index is 12.8. The van der Waals surface area contributed by atoms with E-state index in [0.29, 0.717) is 6.04 Å². The zero-order chi connectivity index (χ0) is 14.3.